The second-order valence-corrected chi connectivity index (χ2v) is 8.42. The summed E-state index contributed by atoms with van der Waals surface area (Å²) in [5.41, 5.74) is 3.04. The normalized spacial score (nSPS) is 16.3. The van der Waals surface area contributed by atoms with E-state index >= 15 is 0 Å². The predicted octanol–water partition coefficient (Wildman–Crippen LogP) is 5.17. The number of aryl methyl sites for hydroxylation is 1. The molecule has 6 heteroatoms. The minimum Gasteiger partial charge on any atom is -0.446 e. The average molecular weight is 463 g/mol. The molecular formula is C28H34N2O4. The van der Waals surface area contributed by atoms with Gasteiger partial charge in [0.25, 0.3) is 0 Å². The minimum absolute atomic E-state index is 0.0273. The summed E-state index contributed by atoms with van der Waals surface area (Å²) in [6.45, 7) is 2.85. The van der Waals surface area contributed by atoms with Crippen molar-refractivity contribution >= 4 is 6.09 Å². The fourth-order valence-electron chi connectivity index (χ4n) is 4.13. The van der Waals surface area contributed by atoms with Crippen LogP contribution in [-0.2, 0) is 11.8 Å². The van der Waals surface area contributed by atoms with Gasteiger partial charge in [-0.3, -0.25) is 4.79 Å². The molecule has 1 fully saturated rings. The number of amides is 1. The molecule has 180 valence electrons. The highest BCUT2D eigenvalue weighted by molar-refractivity contribution is 5.69. The van der Waals surface area contributed by atoms with E-state index in [1.165, 1.54) is 0 Å². The van der Waals surface area contributed by atoms with Gasteiger partial charge >= 0.3 is 6.09 Å². The Kier molecular flexibility index (Phi) is 9.47. The topological polar surface area (TPSA) is 71.8 Å². The molecule has 1 N–H and O–H groups in total. The van der Waals surface area contributed by atoms with Gasteiger partial charge in [0.15, 0.2) is 0 Å². The lowest BCUT2D eigenvalue weighted by atomic mass is 9.98. The Hall–Kier alpha value is -3.38. The van der Waals surface area contributed by atoms with Crippen LogP contribution in [0, 0.1) is 0 Å². The van der Waals surface area contributed by atoms with Crippen molar-refractivity contribution in [3.8, 4) is 11.1 Å². The van der Waals surface area contributed by atoms with E-state index in [4.69, 9.17) is 9.84 Å². The van der Waals surface area contributed by atoms with E-state index in [9.17, 15) is 9.59 Å². The van der Waals surface area contributed by atoms with Crippen LogP contribution in [0.25, 0.3) is 11.1 Å². The number of rotatable bonds is 7. The minimum atomic E-state index is -0.275. The summed E-state index contributed by atoms with van der Waals surface area (Å²) in [7, 11) is 1.74. The molecule has 2 atom stereocenters. The first-order valence-corrected chi connectivity index (χ1v) is 11.9. The summed E-state index contributed by atoms with van der Waals surface area (Å²) in [5.74, 6) is 0. The number of aliphatic hydroxyl groups is 1. The van der Waals surface area contributed by atoms with Crippen LogP contribution in [0.3, 0.4) is 0 Å². The first-order chi connectivity index (χ1) is 16.5. The number of aromatic nitrogens is 1. The molecule has 0 saturated carbocycles. The second-order valence-electron chi connectivity index (χ2n) is 8.42. The number of ether oxygens (including phenoxy) is 1. The molecule has 34 heavy (non-hydrogen) atoms. The quantitative estimate of drug-likeness (QED) is 0.526. The van der Waals surface area contributed by atoms with Gasteiger partial charge in [-0.25, -0.2) is 4.79 Å². The fraction of sp³-hybridized carbons (Fsp3) is 0.357. The lowest BCUT2D eigenvalue weighted by Crippen LogP contribution is -2.43. The van der Waals surface area contributed by atoms with Gasteiger partial charge in [0.2, 0.25) is 5.56 Å². The van der Waals surface area contributed by atoms with E-state index in [-0.39, 0.29) is 30.4 Å². The molecule has 0 aliphatic carbocycles. The number of hydrogen-bond acceptors (Lipinski definition) is 4. The molecule has 1 unspecified atom stereocenters. The molecule has 3 aromatic rings. The van der Waals surface area contributed by atoms with Crippen molar-refractivity contribution in [2.45, 2.75) is 44.8 Å². The van der Waals surface area contributed by atoms with Crippen molar-refractivity contribution in [2.24, 2.45) is 7.05 Å². The molecule has 1 aliphatic heterocycles. The summed E-state index contributed by atoms with van der Waals surface area (Å²) in [4.78, 5) is 25.9. The maximum atomic E-state index is 12.5. The van der Waals surface area contributed by atoms with Crippen LogP contribution in [0.2, 0.25) is 0 Å². The summed E-state index contributed by atoms with van der Waals surface area (Å²) in [5, 5.41) is 8.96. The number of carbonyl (C=O) groups excluding carboxylic acids is 1. The maximum absolute atomic E-state index is 12.5. The number of cyclic esters (lactones) is 1. The zero-order chi connectivity index (χ0) is 24.3. The highest BCUT2D eigenvalue weighted by atomic mass is 16.6. The maximum Gasteiger partial charge on any atom is 0.410 e. The van der Waals surface area contributed by atoms with Crippen molar-refractivity contribution in [3.63, 3.8) is 0 Å². The Bertz CT molecular complexity index is 1050. The number of hydrogen-bond donors (Lipinski definition) is 1. The van der Waals surface area contributed by atoms with Gasteiger partial charge in [0.05, 0.1) is 6.04 Å². The third-order valence-corrected chi connectivity index (χ3v) is 6.02. The van der Waals surface area contributed by atoms with Crippen LogP contribution < -0.4 is 5.56 Å². The highest BCUT2D eigenvalue weighted by Crippen LogP contribution is 2.30. The molecule has 0 bridgehead atoms. The van der Waals surface area contributed by atoms with Gasteiger partial charge in [-0.15, -0.1) is 0 Å². The van der Waals surface area contributed by atoms with Crippen LogP contribution in [0.4, 0.5) is 4.79 Å². The molecule has 1 aromatic heterocycles. The lowest BCUT2D eigenvalue weighted by Gasteiger charge is -2.37. The molecular weight excluding hydrogens is 428 g/mol. The number of pyridine rings is 1. The number of nitrogens with zero attached hydrogens (tertiary/aromatic N) is 2. The third-order valence-electron chi connectivity index (χ3n) is 6.02. The van der Waals surface area contributed by atoms with Crippen LogP contribution in [0.15, 0.2) is 83.8 Å². The van der Waals surface area contributed by atoms with Crippen LogP contribution in [0.1, 0.15) is 44.2 Å². The van der Waals surface area contributed by atoms with E-state index < -0.39 is 0 Å². The van der Waals surface area contributed by atoms with Crippen LogP contribution in [0.5, 0.6) is 0 Å². The SMILES string of the molecule is CCC(c1ccc(-c2ccc(=O)n(C)c2)cc1)N1CC[C@@H](CCCO)OC1=O.c1ccccc1. The Labute approximate surface area is 201 Å². The summed E-state index contributed by atoms with van der Waals surface area (Å²) in [6, 6.07) is 23.5. The average Bonchev–Trinajstić information content (AvgIpc) is 2.88. The summed E-state index contributed by atoms with van der Waals surface area (Å²) < 4.78 is 7.13. The molecule has 1 aliphatic rings. The van der Waals surface area contributed by atoms with Crippen molar-refractivity contribution < 1.29 is 14.6 Å². The first kappa shape index (κ1) is 25.2. The van der Waals surface area contributed by atoms with Gasteiger partial charge in [-0.1, -0.05) is 67.6 Å². The molecule has 1 saturated heterocycles. The van der Waals surface area contributed by atoms with E-state index in [0.29, 0.717) is 19.4 Å². The van der Waals surface area contributed by atoms with Gasteiger partial charge in [0.1, 0.15) is 6.10 Å². The molecule has 2 heterocycles. The van der Waals surface area contributed by atoms with E-state index in [1.54, 1.807) is 22.6 Å². The number of aliphatic hydroxyl groups excluding tert-OH is 1. The van der Waals surface area contributed by atoms with Crippen molar-refractivity contribution in [1.29, 1.82) is 0 Å². The van der Waals surface area contributed by atoms with Crippen molar-refractivity contribution in [1.82, 2.24) is 9.47 Å². The fourth-order valence-corrected chi connectivity index (χ4v) is 4.13. The Balaban J connectivity index is 0.000000469. The Morgan fingerprint density at radius 1 is 0.971 bits per heavy atom. The summed E-state index contributed by atoms with van der Waals surface area (Å²) in [6.07, 6.45) is 4.41. The zero-order valence-corrected chi connectivity index (χ0v) is 20.0. The van der Waals surface area contributed by atoms with Gasteiger partial charge in [-0.05, 0) is 42.0 Å². The van der Waals surface area contributed by atoms with Crippen molar-refractivity contribution in [3.05, 3.63) is 94.9 Å². The summed E-state index contributed by atoms with van der Waals surface area (Å²) >= 11 is 0. The van der Waals surface area contributed by atoms with E-state index in [2.05, 4.69) is 6.92 Å². The Morgan fingerprint density at radius 2 is 1.59 bits per heavy atom. The standard InChI is InChI=1S/C22H28N2O4.C6H6/c1-3-20(24-13-12-19(5-4-14-25)28-22(24)27)17-8-6-16(7-9-17)18-10-11-21(26)23(2)15-18;1-2-4-6-5-3-1/h6-11,15,19-20,25H,3-5,12-14H2,1-2H3;1-6H/t19-,20?;/m1./s1. The third kappa shape index (κ3) is 6.81. The smallest absolute Gasteiger partial charge is 0.410 e. The predicted molar refractivity (Wildman–Crippen MR) is 135 cm³/mol. The molecule has 0 spiro atoms. The van der Waals surface area contributed by atoms with Gasteiger partial charge in [-0.2, -0.15) is 0 Å². The largest absolute Gasteiger partial charge is 0.446 e. The molecule has 0 radical (unpaired) electrons. The van der Waals surface area contributed by atoms with Crippen molar-refractivity contribution in [2.75, 3.05) is 13.2 Å². The van der Waals surface area contributed by atoms with Crippen LogP contribution >= 0.6 is 0 Å². The van der Waals surface area contributed by atoms with Gasteiger partial charge < -0.3 is 19.3 Å². The molecule has 6 nitrogen and oxygen atoms in total. The monoisotopic (exact) mass is 462 g/mol. The lowest BCUT2D eigenvalue weighted by molar-refractivity contribution is 0.00468. The molecule has 2 aromatic carbocycles. The van der Waals surface area contributed by atoms with E-state index in [1.807, 2.05) is 72.9 Å². The van der Waals surface area contributed by atoms with Gasteiger partial charge in [0, 0.05) is 38.9 Å². The number of benzene rings is 2. The second kappa shape index (κ2) is 12.8. The highest BCUT2D eigenvalue weighted by Gasteiger charge is 2.31. The Morgan fingerprint density at radius 3 is 2.12 bits per heavy atom. The zero-order valence-electron chi connectivity index (χ0n) is 20.0. The van der Waals surface area contributed by atoms with Crippen LogP contribution in [-0.4, -0.2) is 39.9 Å². The number of carbonyl (C=O) groups is 1. The molecule has 4 rings (SSSR count). The molecule has 1 amide bonds. The van der Waals surface area contributed by atoms with E-state index in [0.717, 1.165) is 29.5 Å². The first-order valence-electron chi connectivity index (χ1n) is 11.9.